The number of aliphatic hydroxyl groups excluding tert-OH is 5. The number of halogens is 3. The van der Waals surface area contributed by atoms with E-state index in [1.54, 1.807) is 25.1 Å². The fraction of sp³-hybridized carbons (Fsp3) is 0.429. The molecule has 1 saturated heterocycles. The lowest BCUT2D eigenvalue weighted by Gasteiger charge is -2.43. The first kappa shape index (κ1) is 23.0. The van der Waals surface area contributed by atoms with Gasteiger partial charge in [0.2, 0.25) is 0 Å². The summed E-state index contributed by atoms with van der Waals surface area (Å²) in [6, 6.07) is 7.10. The number of aryl methyl sites for hydroxylation is 1. The Morgan fingerprint density at radius 2 is 1.60 bits per heavy atom. The molecule has 1 fully saturated rings. The third-order valence-electron chi connectivity index (χ3n) is 5.51. The monoisotopic (exact) mass is 444 g/mol. The minimum atomic E-state index is -1.56. The van der Waals surface area contributed by atoms with Crippen LogP contribution in [0.2, 0.25) is 5.02 Å². The standard InChI is InChI=1S/C21H23ClF2O6/c1-9-4-10(11-5-14(23)17(22)15(24)6-11)2-3-12(9)13(7-25)21-20(29)19(28)18(27)16(8-26)30-21/h2-6,13,16,18-21,25-29H,7-8H2,1H3/t13-,16-,18-,19+,20+,21-/m1/s1. The first-order chi connectivity index (χ1) is 14.2. The van der Waals surface area contributed by atoms with E-state index in [1.165, 1.54) is 0 Å². The van der Waals surface area contributed by atoms with E-state index >= 15 is 0 Å². The third kappa shape index (κ3) is 4.22. The molecular formula is C21H23ClF2O6. The first-order valence-electron chi connectivity index (χ1n) is 9.36. The Bertz CT molecular complexity index is 886. The van der Waals surface area contributed by atoms with E-state index < -0.39 is 66.3 Å². The molecule has 0 unspecified atom stereocenters. The molecule has 1 aliphatic rings. The zero-order valence-corrected chi connectivity index (χ0v) is 16.8. The summed E-state index contributed by atoms with van der Waals surface area (Å²) in [7, 11) is 0. The highest BCUT2D eigenvalue weighted by Gasteiger charge is 2.46. The molecular weight excluding hydrogens is 422 g/mol. The molecule has 0 spiro atoms. The van der Waals surface area contributed by atoms with Crippen molar-refractivity contribution in [1.29, 1.82) is 0 Å². The Kier molecular flexibility index (Phi) is 7.09. The highest BCUT2D eigenvalue weighted by Crippen LogP contribution is 2.35. The molecule has 0 radical (unpaired) electrons. The van der Waals surface area contributed by atoms with Crippen molar-refractivity contribution in [1.82, 2.24) is 0 Å². The molecule has 0 aromatic heterocycles. The number of rotatable bonds is 5. The molecule has 30 heavy (non-hydrogen) atoms. The number of ether oxygens (including phenoxy) is 1. The predicted molar refractivity (Wildman–Crippen MR) is 105 cm³/mol. The van der Waals surface area contributed by atoms with Gasteiger partial charge >= 0.3 is 0 Å². The smallest absolute Gasteiger partial charge is 0.145 e. The summed E-state index contributed by atoms with van der Waals surface area (Å²) in [5.41, 5.74) is 1.99. The molecule has 1 heterocycles. The molecule has 9 heteroatoms. The topological polar surface area (TPSA) is 110 Å². The van der Waals surface area contributed by atoms with Crippen LogP contribution in [0.25, 0.3) is 11.1 Å². The summed E-state index contributed by atoms with van der Waals surface area (Å²) >= 11 is 5.53. The van der Waals surface area contributed by atoms with Gasteiger partial charge in [-0.1, -0.05) is 29.8 Å². The van der Waals surface area contributed by atoms with Crippen LogP contribution in [0.5, 0.6) is 0 Å². The van der Waals surface area contributed by atoms with E-state index in [0.29, 0.717) is 16.7 Å². The quantitative estimate of drug-likeness (QED) is 0.447. The molecule has 0 aliphatic carbocycles. The van der Waals surface area contributed by atoms with Gasteiger partial charge in [0, 0.05) is 5.92 Å². The number of hydrogen-bond acceptors (Lipinski definition) is 6. The Morgan fingerprint density at radius 1 is 0.967 bits per heavy atom. The predicted octanol–water partition coefficient (Wildman–Crippen LogP) is 1.51. The maximum absolute atomic E-state index is 13.8. The fourth-order valence-electron chi connectivity index (χ4n) is 3.84. The molecule has 0 bridgehead atoms. The zero-order valence-electron chi connectivity index (χ0n) is 16.0. The van der Waals surface area contributed by atoms with Crippen LogP contribution in [0.15, 0.2) is 30.3 Å². The van der Waals surface area contributed by atoms with Crippen molar-refractivity contribution < 1.29 is 39.1 Å². The third-order valence-corrected chi connectivity index (χ3v) is 5.87. The second-order valence-electron chi connectivity index (χ2n) is 7.41. The molecule has 2 aromatic rings. The largest absolute Gasteiger partial charge is 0.396 e. The highest BCUT2D eigenvalue weighted by molar-refractivity contribution is 6.31. The normalized spacial score (nSPS) is 27.8. The average Bonchev–Trinajstić information content (AvgIpc) is 2.72. The van der Waals surface area contributed by atoms with Gasteiger partial charge < -0.3 is 30.3 Å². The van der Waals surface area contributed by atoms with Crippen LogP contribution in [-0.2, 0) is 4.74 Å². The molecule has 2 aromatic carbocycles. The minimum Gasteiger partial charge on any atom is -0.396 e. The van der Waals surface area contributed by atoms with Crippen molar-refractivity contribution in [3.63, 3.8) is 0 Å². The van der Waals surface area contributed by atoms with Crippen LogP contribution in [0, 0.1) is 18.6 Å². The summed E-state index contributed by atoms with van der Waals surface area (Å²) in [5.74, 6) is -2.56. The molecule has 6 atom stereocenters. The van der Waals surface area contributed by atoms with E-state index in [-0.39, 0.29) is 5.56 Å². The molecule has 6 nitrogen and oxygen atoms in total. The van der Waals surface area contributed by atoms with Crippen molar-refractivity contribution in [3.05, 3.63) is 58.1 Å². The summed E-state index contributed by atoms with van der Waals surface area (Å²) in [5, 5.41) is 49.1. The molecule has 5 N–H and O–H groups in total. The van der Waals surface area contributed by atoms with Gasteiger partial charge in [-0.15, -0.1) is 0 Å². The highest BCUT2D eigenvalue weighted by atomic mass is 35.5. The van der Waals surface area contributed by atoms with Crippen LogP contribution >= 0.6 is 11.6 Å². The zero-order chi connectivity index (χ0) is 22.2. The van der Waals surface area contributed by atoms with Crippen molar-refractivity contribution in [2.24, 2.45) is 0 Å². The van der Waals surface area contributed by atoms with E-state index in [0.717, 1.165) is 12.1 Å². The van der Waals surface area contributed by atoms with E-state index in [2.05, 4.69) is 0 Å². The maximum Gasteiger partial charge on any atom is 0.145 e. The lowest BCUT2D eigenvalue weighted by molar-refractivity contribution is -0.236. The molecule has 0 saturated carbocycles. The number of benzene rings is 2. The van der Waals surface area contributed by atoms with Crippen molar-refractivity contribution >= 4 is 11.6 Å². The minimum absolute atomic E-state index is 0.275. The van der Waals surface area contributed by atoms with Gasteiger partial charge in [0.15, 0.2) is 0 Å². The van der Waals surface area contributed by atoms with Gasteiger partial charge in [-0.25, -0.2) is 8.78 Å². The van der Waals surface area contributed by atoms with Gasteiger partial charge in [0.25, 0.3) is 0 Å². The Morgan fingerprint density at radius 3 is 2.13 bits per heavy atom. The number of aliphatic hydroxyl groups is 5. The van der Waals surface area contributed by atoms with Crippen LogP contribution in [0.3, 0.4) is 0 Å². The van der Waals surface area contributed by atoms with Gasteiger partial charge in [0.05, 0.1) is 19.3 Å². The first-order valence-corrected chi connectivity index (χ1v) is 9.74. The SMILES string of the molecule is Cc1cc(-c2cc(F)c(Cl)c(F)c2)ccc1[C@@H](CO)[C@H]1O[C@H](CO)[C@@H](O)[C@H](O)[C@@H]1O. The van der Waals surface area contributed by atoms with Gasteiger partial charge in [-0.2, -0.15) is 0 Å². The van der Waals surface area contributed by atoms with E-state index in [4.69, 9.17) is 16.3 Å². The maximum atomic E-state index is 13.8. The van der Waals surface area contributed by atoms with Crippen molar-refractivity contribution in [2.75, 3.05) is 13.2 Å². The fourth-order valence-corrected chi connectivity index (χ4v) is 3.94. The molecule has 3 rings (SSSR count). The summed E-state index contributed by atoms with van der Waals surface area (Å²) < 4.78 is 33.2. The van der Waals surface area contributed by atoms with Crippen molar-refractivity contribution in [3.8, 4) is 11.1 Å². The van der Waals surface area contributed by atoms with Crippen LogP contribution in [0.1, 0.15) is 17.0 Å². The molecule has 0 amide bonds. The van der Waals surface area contributed by atoms with Crippen LogP contribution in [-0.4, -0.2) is 69.3 Å². The number of hydrogen-bond donors (Lipinski definition) is 5. The Hall–Kier alpha value is -1.65. The van der Waals surface area contributed by atoms with E-state index in [1.807, 2.05) is 0 Å². The summed E-state index contributed by atoms with van der Waals surface area (Å²) in [6.45, 7) is 0.687. The van der Waals surface area contributed by atoms with E-state index in [9.17, 15) is 34.3 Å². The van der Waals surface area contributed by atoms with Crippen LogP contribution < -0.4 is 0 Å². The van der Waals surface area contributed by atoms with Crippen LogP contribution in [0.4, 0.5) is 8.78 Å². The second-order valence-corrected chi connectivity index (χ2v) is 7.79. The molecule has 164 valence electrons. The molecule has 1 aliphatic heterocycles. The lowest BCUT2D eigenvalue weighted by atomic mass is 9.82. The lowest BCUT2D eigenvalue weighted by Crippen LogP contribution is -2.60. The van der Waals surface area contributed by atoms with Crippen molar-refractivity contribution in [2.45, 2.75) is 43.4 Å². The Balaban J connectivity index is 1.94. The van der Waals surface area contributed by atoms with Gasteiger partial charge in [-0.05, 0) is 41.3 Å². The van der Waals surface area contributed by atoms with Gasteiger partial charge in [0.1, 0.15) is 41.1 Å². The Labute approximate surface area is 176 Å². The average molecular weight is 445 g/mol. The second kappa shape index (κ2) is 9.23. The summed E-state index contributed by atoms with van der Waals surface area (Å²) in [4.78, 5) is 0. The van der Waals surface area contributed by atoms with Gasteiger partial charge in [-0.3, -0.25) is 0 Å². The summed E-state index contributed by atoms with van der Waals surface area (Å²) in [6.07, 6.45) is -6.76.